The third kappa shape index (κ3) is 5.23. The Morgan fingerprint density at radius 2 is 2.03 bits per heavy atom. The topological polar surface area (TPSA) is 84.4 Å². The third-order valence-corrected chi connectivity index (χ3v) is 6.81. The number of ether oxygens (including phenoxy) is 1. The molecule has 1 fully saturated rings. The number of aromatic nitrogens is 2. The van der Waals surface area contributed by atoms with E-state index in [1.807, 2.05) is 29.2 Å². The van der Waals surface area contributed by atoms with Crippen molar-refractivity contribution in [1.29, 1.82) is 0 Å². The molecule has 7 nitrogen and oxygen atoms in total. The van der Waals surface area contributed by atoms with Crippen LogP contribution >= 0.6 is 11.3 Å². The van der Waals surface area contributed by atoms with Gasteiger partial charge in [-0.1, -0.05) is 63.7 Å². The summed E-state index contributed by atoms with van der Waals surface area (Å²) in [4.78, 5) is 28.1. The Labute approximate surface area is 188 Å². The molecule has 168 valence electrons. The molecule has 8 heteroatoms. The van der Waals surface area contributed by atoms with E-state index < -0.39 is 5.92 Å². The number of piperidine rings is 1. The lowest BCUT2D eigenvalue weighted by atomic mass is 9.83. The molecule has 1 N–H and O–H groups in total. The van der Waals surface area contributed by atoms with E-state index in [2.05, 4.69) is 43.2 Å². The maximum Gasteiger partial charge on any atom is 0.231 e. The smallest absolute Gasteiger partial charge is 0.231 e. The van der Waals surface area contributed by atoms with Crippen molar-refractivity contribution in [3.05, 3.63) is 34.8 Å². The molecule has 0 spiro atoms. The van der Waals surface area contributed by atoms with Crippen molar-refractivity contribution in [2.75, 3.05) is 19.0 Å². The first-order valence-corrected chi connectivity index (χ1v) is 11.6. The van der Waals surface area contributed by atoms with Gasteiger partial charge in [0.25, 0.3) is 0 Å². The van der Waals surface area contributed by atoms with E-state index in [1.165, 1.54) is 11.3 Å². The van der Waals surface area contributed by atoms with Gasteiger partial charge in [0, 0.05) is 23.9 Å². The second kappa shape index (κ2) is 9.77. The third-order valence-electron chi connectivity index (χ3n) is 5.55. The molecule has 1 saturated heterocycles. The molecule has 2 atom stereocenters. The number of likely N-dealkylation sites (tertiary alicyclic amines) is 1. The molecule has 2 heterocycles. The van der Waals surface area contributed by atoms with Gasteiger partial charge in [-0.25, -0.2) is 0 Å². The Morgan fingerprint density at radius 1 is 1.29 bits per heavy atom. The van der Waals surface area contributed by atoms with E-state index in [-0.39, 0.29) is 23.3 Å². The first kappa shape index (κ1) is 23.2. The van der Waals surface area contributed by atoms with E-state index in [0.29, 0.717) is 30.3 Å². The van der Waals surface area contributed by atoms with Gasteiger partial charge in [0.05, 0.1) is 19.1 Å². The average molecular weight is 445 g/mol. The van der Waals surface area contributed by atoms with Crippen LogP contribution in [0.15, 0.2) is 24.3 Å². The number of carbonyl (C=O) groups excluding carboxylic acids is 2. The summed E-state index contributed by atoms with van der Waals surface area (Å²) >= 11 is 1.39. The van der Waals surface area contributed by atoms with Crippen LogP contribution in [0, 0.1) is 5.92 Å². The number of para-hydroxylation sites is 1. The van der Waals surface area contributed by atoms with Crippen LogP contribution < -0.4 is 10.1 Å². The Balaban J connectivity index is 1.92. The molecular weight excluding hydrogens is 412 g/mol. The highest BCUT2D eigenvalue weighted by Crippen LogP contribution is 2.41. The minimum Gasteiger partial charge on any atom is -0.496 e. The highest BCUT2D eigenvalue weighted by Gasteiger charge is 2.41. The van der Waals surface area contributed by atoms with Crippen LogP contribution in [0.25, 0.3) is 0 Å². The Morgan fingerprint density at radius 3 is 2.68 bits per heavy atom. The van der Waals surface area contributed by atoms with Gasteiger partial charge >= 0.3 is 0 Å². The van der Waals surface area contributed by atoms with Crippen molar-refractivity contribution in [2.45, 2.75) is 64.8 Å². The SMILES string of the molecule is CCCCN1C(=O)CCC(C(=O)Nc2nnc(C(C)(C)C)s2)C1c1ccccc1OC. The number of nitrogens with one attached hydrogen (secondary N) is 1. The van der Waals surface area contributed by atoms with Gasteiger partial charge in [-0.05, 0) is 18.9 Å². The van der Waals surface area contributed by atoms with Gasteiger partial charge in [0.15, 0.2) is 0 Å². The second-order valence-corrected chi connectivity index (χ2v) is 9.90. The quantitative estimate of drug-likeness (QED) is 0.677. The molecule has 1 aromatic carbocycles. The summed E-state index contributed by atoms with van der Waals surface area (Å²) in [7, 11) is 1.62. The fourth-order valence-corrected chi connectivity index (χ4v) is 4.69. The van der Waals surface area contributed by atoms with Crippen molar-refractivity contribution in [1.82, 2.24) is 15.1 Å². The number of anilines is 1. The lowest BCUT2D eigenvalue weighted by Crippen LogP contribution is -2.47. The molecule has 0 bridgehead atoms. The fourth-order valence-electron chi connectivity index (χ4n) is 3.89. The zero-order chi connectivity index (χ0) is 22.6. The molecular formula is C23H32N4O3S. The van der Waals surface area contributed by atoms with Gasteiger partial charge in [-0.3, -0.25) is 9.59 Å². The highest BCUT2D eigenvalue weighted by atomic mass is 32.1. The minimum absolute atomic E-state index is 0.0827. The highest BCUT2D eigenvalue weighted by molar-refractivity contribution is 7.15. The number of benzene rings is 1. The molecule has 2 unspecified atom stereocenters. The van der Waals surface area contributed by atoms with Gasteiger partial charge in [-0.2, -0.15) is 0 Å². The van der Waals surface area contributed by atoms with Crippen LogP contribution in [0.4, 0.5) is 5.13 Å². The van der Waals surface area contributed by atoms with E-state index in [1.54, 1.807) is 7.11 Å². The van der Waals surface area contributed by atoms with Crippen LogP contribution in [0.1, 0.15) is 70.0 Å². The van der Waals surface area contributed by atoms with Crippen molar-refractivity contribution in [3.63, 3.8) is 0 Å². The molecule has 2 aromatic rings. The molecule has 3 rings (SSSR count). The maximum absolute atomic E-state index is 13.4. The van der Waals surface area contributed by atoms with E-state index in [9.17, 15) is 9.59 Å². The zero-order valence-electron chi connectivity index (χ0n) is 19.0. The molecule has 2 amide bonds. The predicted molar refractivity (Wildman–Crippen MR) is 122 cm³/mol. The molecule has 0 saturated carbocycles. The summed E-state index contributed by atoms with van der Waals surface area (Å²) < 4.78 is 5.58. The van der Waals surface area contributed by atoms with Gasteiger partial charge in [0.2, 0.25) is 16.9 Å². The first-order valence-electron chi connectivity index (χ1n) is 10.8. The van der Waals surface area contributed by atoms with Crippen LogP contribution in [0.2, 0.25) is 0 Å². The number of rotatable bonds is 7. The summed E-state index contributed by atoms with van der Waals surface area (Å²) in [6.07, 6.45) is 2.70. The van der Waals surface area contributed by atoms with E-state index in [4.69, 9.17) is 4.74 Å². The number of unbranched alkanes of at least 4 members (excludes halogenated alkanes) is 1. The lowest BCUT2D eigenvalue weighted by molar-refractivity contribution is -0.142. The van der Waals surface area contributed by atoms with Gasteiger partial charge < -0.3 is 15.0 Å². The van der Waals surface area contributed by atoms with E-state index in [0.717, 1.165) is 23.4 Å². The molecule has 1 aliphatic rings. The van der Waals surface area contributed by atoms with Crippen LogP contribution in [-0.2, 0) is 15.0 Å². The van der Waals surface area contributed by atoms with Crippen molar-refractivity contribution >= 4 is 28.3 Å². The average Bonchev–Trinajstić information content (AvgIpc) is 3.21. The molecule has 0 radical (unpaired) electrons. The van der Waals surface area contributed by atoms with Crippen LogP contribution in [-0.4, -0.2) is 40.6 Å². The zero-order valence-corrected chi connectivity index (χ0v) is 19.8. The number of amides is 2. The molecule has 1 aromatic heterocycles. The van der Waals surface area contributed by atoms with Crippen LogP contribution in [0.3, 0.4) is 0 Å². The van der Waals surface area contributed by atoms with Crippen molar-refractivity contribution in [2.24, 2.45) is 5.92 Å². The minimum atomic E-state index is -0.396. The fraction of sp³-hybridized carbons (Fsp3) is 0.565. The summed E-state index contributed by atoms with van der Waals surface area (Å²) in [6.45, 7) is 8.91. The molecule has 31 heavy (non-hydrogen) atoms. The summed E-state index contributed by atoms with van der Waals surface area (Å²) in [5, 5.41) is 12.7. The maximum atomic E-state index is 13.4. The lowest BCUT2D eigenvalue weighted by Gasteiger charge is -2.41. The number of hydrogen-bond acceptors (Lipinski definition) is 6. The largest absolute Gasteiger partial charge is 0.496 e. The molecule has 0 aliphatic carbocycles. The molecule has 1 aliphatic heterocycles. The second-order valence-electron chi connectivity index (χ2n) is 8.92. The standard InChI is InChI=1S/C23H32N4O3S/c1-6-7-14-27-18(28)13-12-16(19(27)15-10-8-9-11-17(15)30-5)20(29)24-22-26-25-21(31-22)23(2,3)4/h8-11,16,19H,6-7,12-14H2,1-5H3,(H,24,26,29). The van der Waals surface area contributed by atoms with Crippen molar-refractivity contribution < 1.29 is 14.3 Å². The van der Waals surface area contributed by atoms with Crippen LogP contribution in [0.5, 0.6) is 5.75 Å². The monoisotopic (exact) mass is 444 g/mol. The number of nitrogens with zero attached hydrogens (tertiary/aromatic N) is 3. The number of carbonyl (C=O) groups is 2. The van der Waals surface area contributed by atoms with Gasteiger partial charge in [-0.15, -0.1) is 10.2 Å². The van der Waals surface area contributed by atoms with E-state index >= 15 is 0 Å². The summed E-state index contributed by atoms with van der Waals surface area (Å²) in [5.74, 6) is 0.237. The van der Waals surface area contributed by atoms with Crippen molar-refractivity contribution in [3.8, 4) is 5.75 Å². The first-order chi connectivity index (χ1) is 14.8. The summed E-state index contributed by atoms with van der Waals surface area (Å²) in [5.41, 5.74) is 0.733. The number of methoxy groups -OCH3 is 1. The Kier molecular flexibility index (Phi) is 7.30. The Hall–Kier alpha value is -2.48. The summed E-state index contributed by atoms with van der Waals surface area (Å²) in [6, 6.07) is 7.27. The predicted octanol–water partition coefficient (Wildman–Crippen LogP) is 4.56. The Bertz CT molecular complexity index is 922. The number of hydrogen-bond donors (Lipinski definition) is 1. The van der Waals surface area contributed by atoms with Gasteiger partial charge in [0.1, 0.15) is 10.8 Å². The normalized spacial score (nSPS) is 19.4.